The Hall–Kier alpha value is -0.610. The first-order chi connectivity index (χ1) is 7.74. The number of carbonyl (C=O) groups excluding carboxylic acids is 1. The Labute approximate surface area is 105 Å². The predicted molar refractivity (Wildman–Crippen MR) is 71.1 cm³/mol. The topological polar surface area (TPSA) is 50.4 Å². The molecule has 0 aromatic rings. The summed E-state index contributed by atoms with van der Waals surface area (Å²) in [5.41, 5.74) is -0.193. The fraction of sp³-hybridized carbons (Fsp3) is 0.923. The molecule has 0 aliphatic carbocycles. The van der Waals surface area contributed by atoms with E-state index in [4.69, 9.17) is 4.74 Å². The second-order valence-corrected chi connectivity index (χ2v) is 5.46. The van der Waals surface area contributed by atoms with E-state index in [2.05, 4.69) is 38.3 Å². The Kier molecular flexibility index (Phi) is 6.72. The largest absolute Gasteiger partial charge is 0.373 e. The number of hydrogen-bond donors (Lipinski definition) is 2. The summed E-state index contributed by atoms with van der Waals surface area (Å²) in [5, 5.41) is 6.03. The van der Waals surface area contributed by atoms with Gasteiger partial charge in [0.05, 0.1) is 12.2 Å². The van der Waals surface area contributed by atoms with E-state index in [0.717, 1.165) is 12.8 Å². The summed E-state index contributed by atoms with van der Waals surface area (Å²) in [4.78, 5) is 10.8. The van der Waals surface area contributed by atoms with Crippen LogP contribution in [0, 0.1) is 0 Å². The molecule has 102 valence electrons. The molecule has 0 rings (SSSR count). The first-order valence-electron chi connectivity index (χ1n) is 6.32. The minimum Gasteiger partial charge on any atom is -0.373 e. The fourth-order valence-corrected chi connectivity index (χ4v) is 1.28. The summed E-state index contributed by atoms with van der Waals surface area (Å²) < 4.78 is 6.00. The van der Waals surface area contributed by atoms with Crippen LogP contribution in [0.15, 0.2) is 0 Å². The normalized spacial score (nSPS) is 15.4. The molecule has 1 amide bonds. The Morgan fingerprint density at radius 2 is 1.88 bits per heavy atom. The summed E-state index contributed by atoms with van der Waals surface area (Å²) in [6, 6.07) is 0. The molecule has 1 unspecified atom stereocenters. The highest BCUT2D eigenvalue weighted by molar-refractivity contribution is 5.72. The predicted octanol–water partition coefficient (Wildman–Crippen LogP) is 1.70. The molecule has 0 aliphatic rings. The van der Waals surface area contributed by atoms with Crippen molar-refractivity contribution in [2.45, 2.75) is 58.6 Å². The van der Waals surface area contributed by atoms with Gasteiger partial charge in [0.1, 0.15) is 0 Å². The van der Waals surface area contributed by atoms with Crippen LogP contribution in [-0.2, 0) is 9.53 Å². The second kappa shape index (κ2) is 6.97. The van der Waals surface area contributed by atoms with Crippen molar-refractivity contribution in [3.63, 3.8) is 0 Å². The van der Waals surface area contributed by atoms with Gasteiger partial charge in [0.2, 0.25) is 5.91 Å². The van der Waals surface area contributed by atoms with E-state index < -0.39 is 0 Å². The van der Waals surface area contributed by atoms with Crippen molar-refractivity contribution in [3.8, 4) is 0 Å². The lowest BCUT2D eigenvalue weighted by atomic mass is 9.98. The molecule has 0 radical (unpaired) electrons. The minimum atomic E-state index is -0.170. The minimum absolute atomic E-state index is 0.0130. The van der Waals surface area contributed by atoms with Crippen LogP contribution in [0.1, 0.15) is 47.5 Å². The fourth-order valence-electron chi connectivity index (χ4n) is 1.28. The van der Waals surface area contributed by atoms with E-state index in [-0.39, 0.29) is 17.0 Å². The lowest BCUT2D eigenvalue weighted by molar-refractivity contribution is -0.119. The summed E-state index contributed by atoms with van der Waals surface area (Å²) in [6.45, 7) is 11.3. The van der Waals surface area contributed by atoms with E-state index in [0.29, 0.717) is 13.2 Å². The van der Waals surface area contributed by atoms with Crippen LogP contribution in [0.25, 0.3) is 0 Å². The smallest absolute Gasteiger partial charge is 0.216 e. The molecule has 2 N–H and O–H groups in total. The average molecular weight is 244 g/mol. The third kappa shape index (κ3) is 7.34. The number of amides is 1. The Morgan fingerprint density at radius 3 is 2.29 bits per heavy atom. The van der Waals surface area contributed by atoms with Crippen molar-refractivity contribution in [1.29, 1.82) is 0 Å². The SMILES string of the molecule is CCC(C)(CCNC(C)=O)OCC(C)(C)NC. The van der Waals surface area contributed by atoms with Gasteiger partial charge in [0.25, 0.3) is 0 Å². The molecule has 0 aliphatic heterocycles. The van der Waals surface area contributed by atoms with E-state index in [9.17, 15) is 4.79 Å². The van der Waals surface area contributed by atoms with Gasteiger partial charge in [-0.1, -0.05) is 6.92 Å². The van der Waals surface area contributed by atoms with Gasteiger partial charge in [-0.2, -0.15) is 0 Å². The first-order valence-corrected chi connectivity index (χ1v) is 6.32. The highest BCUT2D eigenvalue weighted by Gasteiger charge is 2.26. The van der Waals surface area contributed by atoms with Crippen LogP contribution >= 0.6 is 0 Å². The molecule has 0 aromatic carbocycles. The monoisotopic (exact) mass is 244 g/mol. The van der Waals surface area contributed by atoms with E-state index in [1.165, 1.54) is 6.92 Å². The molecule has 0 saturated carbocycles. The van der Waals surface area contributed by atoms with Crippen molar-refractivity contribution in [1.82, 2.24) is 10.6 Å². The highest BCUT2D eigenvalue weighted by Crippen LogP contribution is 2.21. The van der Waals surface area contributed by atoms with Crippen LogP contribution in [0.3, 0.4) is 0 Å². The number of rotatable bonds is 8. The zero-order valence-electron chi connectivity index (χ0n) is 12.1. The van der Waals surface area contributed by atoms with Gasteiger partial charge in [0, 0.05) is 19.0 Å². The van der Waals surface area contributed by atoms with Crippen molar-refractivity contribution in [2.75, 3.05) is 20.2 Å². The zero-order chi connectivity index (χ0) is 13.5. The summed E-state index contributed by atoms with van der Waals surface area (Å²) >= 11 is 0. The zero-order valence-corrected chi connectivity index (χ0v) is 12.1. The molecule has 4 nitrogen and oxygen atoms in total. The maximum Gasteiger partial charge on any atom is 0.216 e. The van der Waals surface area contributed by atoms with E-state index >= 15 is 0 Å². The Morgan fingerprint density at radius 1 is 1.29 bits per heavy atom. The van der Waals surface area contributed by atoms with Gasteiger partial charge < -0.3 is 15.4 Å². The number of nitrogens with one attached hydrogen (secondary N) is 2. The molecule has 0 heterocycles. The number of carbonyl (C=O) groups is 1. The van der Waals surface area contributed by atoms with Crippen LogP contribution < -0.4 is 10.6 Å². The molecule has 0 saturated heterocycles. The third-order valence-corrected chi connectivity index (χ3v) is 3.23. The molecule has 0 fully saturated rings. The molecule has 0 spiro atoms. The molecule has 0 aromatic heterocycles. The molecular weight excluding hydrogens is 216 g/mol. The number of hydrogen-bond acceptors (Lipinski definition) is 3. The molecule has 17 heavy (non-hydrogen) atoms. The van der Waals surface area contributed by atoms with Gasteiger partial charge in [-0.3, -0.25) is 4.79 Å². The standard InChI is InChI=1S/C13H28N2O2/c1-7-13(5,8-9-15-11(2)16)17-10-12(3,4)14-6/h14H,7-10H2,1-6H3,(H,15,16). The van der Waals surface area contributed by atoms with E-state index in [1.807, 2.05) is 7.05 Å². The van der Waals surface area contributed by atoms with Crippen LogP contribution in [0.2, 0.25) is 0 Å². The number of ether oxygens (including phenoxy) is 1. The van der Waals surface area contributed by atoms with Gasteiger partial charge in [-0.25, -0.2) is 0 Å². The van der Waals surface area contributed by atoms with Crippen molar-refractivity contribution >= 4 is 5.91 Å². The second-order valence-electron chi connectivity index (χ2n) is 5.46. The van der Waals surface area contributed by atoms with Gasteiger partial charge in [-0.05, 0) is 40.7 Å². The molecular formula is C13H28N2O2. The summed E-state index contributed by atoms with van der Waals surface area (Å²) in [6.07, 6.45) is 1.77. The van der Waals surface area contributed by atoms with Crippen LogP contribution in [0.4, 0.5) is 0 Å². The van der Waals surface area contributed by atoms with Crippen molar-refractivity contribution in [2.24, 2.45) is 0 Å². The number of likely N-dealkylation sites (N-methyl/N-ethyl adjacent to an activating group) is 1. The van der Waals surface area contributed by atoms with Crippen LogP contribution in [0.5, 0.6) is 0 Å². The lowest BCUT2D eigenvalue weighted by Crippen LogP contribution is -2.45. The van der Waals surface area contributed by atoms with Crippen LogP contribution in [-0.4, -0.2) is 37.2 Å². The van der Waals surface area contributed by atoms with Crippen molar-refractivity contribution in [3.05, 3.63) is 0 Å². The molecule has 1 atom stereocenters. The highest BCUT2D eigenvalue weighted by atomic mass is 16.5. The first kappa shape index (κ1) is 16.4. The maximum absolute atomic E-state index is 10.8. The van der Waals surface area contributed by atoms with Gasteiger partial charge >= 0.3 is 0 Å². The summed E-state index contributed by atoms with van der Waals surface area (Å²) in [7, 11) is 1.93. The Bertz CT molecular complexity index is 242. The van der Waals surface area contributed by atoms with Gasteiger partial charge in [0.15, 0.2) is 0 Å². The Balaban J connectivity index is 4.13. The average Bonchev–Trinajstić information content (AvgIpc) is 2.26. The third-order valence-electron chi connectivity index (χ3n) is 3.23. The summed E-state index contributed by atoms with van der Waals surface area (Å²) in [5.74, 6) is 0.0130. The maximum atomic E-state index is 10.8. The van der Waals surface area contributed by atoms with Crippen molar-refractivity contribution < 1.29 is 9.53 Å². The molecule has 4 heteroatoms. The molecule has 0 bridgehead atoms. The lowest BCUT2D eigenvalue weighted by Gasteiger charge is -2.34. The van der Waals surface area contributed by atoms with E-state index in [1.54, 1.807) is 0 Å². The quantitative estimate of drug-likeness (QED) is 0.683. The van der Waals surface area contributed by atoms with Gasteiger partial charge in [-0.15, -0.1) is 0 Å².